The Hall–Kier alpha value is -2.56. The van der Waals surface area contributed by atoms with Gasteiger partial charge in [-0.3, -0.25) is 4.98 Å². The predicted molar refractivity (Wildman–Crippen MR) is 111 cm³/mol. The summed E-state index contributed by atoms with van der Waals surface area (Å²) < 4.78 is 30.4. The van der Waals surface area contributed by atoms with E-state index in [9.17, 15) is 8.42 Å². The van der Waals surface area contributed by atoms with Crippen LogP contribution in [0.5, 0.6) is 0 Å². The zero-order chi connectivity index (χ0) is 20.6. The van der Waals surface area contributed by atoms with Crippen LogP contribution in [0.2, 0.25) is 0 Å². The highest BCUT2D eigenvalue weighted by molar-refractivity contribution is 7.89. The van der Waals surface area contributed by atoms with Crippen molar-refractivity contribution in [3.8, 4) is 11.1 Å². The van der Waals surface area contributed by atoms with Crippen LogP contribution in [0.4, 0.5) is 5.95 Å². The highest BCUT2D eigenvalue weighted by Gasteiger charge is 2.29. The third-order valence-corrected chi connectivity index (χ3v) is 6.60. The molecule has 1 aliphatic heterocycles. The molecule has 0 atom stereocenters. The number of pyridine rings is 2. The van der Waals surface area contributed by atoms with Crippen LogP contribution in [0.15, 0.2) is 41.7 Å². The fraction of sp³-hybridized carbons (Fsp3) is 0.421. The lowest BCUT2D eigenvalue weighted by molar-refractivity contribution is 0.257. The van der Waals surface area contributed by atoms with Gasteiger partial charge >= 0.3 is 0 Å². The number of sulfonamides is 1. The highest BCUT2D eigenvalue weighted by atomic mass is 32.2. The molecule has 0 unspecified atom stereocenters. The number of anilines is 1. The molecule has 9 nitrogen and oxygen atoms in total. The molecule has 1 fully saturated rings. The zero-order valence-electron chi connectivity index (χ0n) is 16.5. The van der Waals surface area contributed by atoms with Crippen LogP contribution in [0.1, 0.15) is 26.7 Å². The van der Waals surface area contributed by atoms with Gasteiger partial charge in [-0.15, -0.1) is 5.10 Å². The van der Waals surface area contributed by atoms with Gasteiger partial charge in [0.2, 0.25) is 16.0 Å². The number of nitrogens with one attached hydrogen (secondary N) is 1. The van der Waals surface area contributed by atoms with Crippen molar-refractivity contribution in [1.29, 1.82) is 0 Å². The number of likely N-dealkylation sites (tertiary alicyclic amines) is 1. The van der Waals surface area contributed by atoms with Crippen molar-refractivity contribution in [3.63, 3.8) is 0 Å². The Bertz CT molecular complexity index is 1130. The molecule has 0 aliphatic carbocycles. The van der Waals surface area contributed by atoms with E-state index < -0.39 is 15.6 Å². The Morgan fingerprint density at radius 3 is 2.69 bits per heavy atom. The van der Waals surface area contributed by atoms with Crippen LogP contribution < -0.4 is 10.5 Å². The Morgan fingerprint density at radius 1 is 1.17 bits per heavy atom. The van der Waals surface area contributed by atoms with E-state index in [1.165, 1.54) is 6.20 Å². The number of nitrogen functional groups attached to an aromatic ring is 1. The van der Waals surface area contributed by atoms with Gasteiger partial charge in [0.25, 0.3) is 0 Å². The first-order valence-electron chi connectivity index (χ1n) is 9.56. The summed E-state index contributed by atoms with van der Waals surface area (Å²) in [6.45, 7) is 6.51. The van der Waals surface area contributed by atoms with Gasteiger partial charge in [-0.05, 0) is 58.0 Å². The molecule has 0 saturated carbocycles. The normalized spacial score (nSPS) is 15.9. The first-order chi connectivity index (χ1) is 13.7. The average molecular weight is 416 g/mol. The molecule has 1 saturated heterocycles. The molecule has 4 heterocycles. The Morgan fingerprint density at radius 2 is 1.93 bits per heavy atom. The molecule has 0 spiro atoms. The van der Waals surface area contributed by atoms with E-state index in [1.807, 2.05) is 19.9 Å². The molecule has 0 radical (unpaired) electrons. The molecule has 3 N–H and O–H groups in total. The summed E-state index contributed by atoms with van der Waals surface area (Å²) in [6.07, 6.45) is 7.06. The molecule has 3 aromatic heterocycles. The Kier molecular flexibility index (Phi) is 5.01. The SMILES string of the molecule is CC(C)(CN1CCCC1)NS(=O)(=O)c1cncc(-c2ccc3nc(N)nn3c2)c1. The molecule has 154 valence electrons. The maximum atomic E-state index is 13.0. The molecule has 0 bridgehead atoms. The second-order valence-corrected chi connectivity index (χ2v) is 9.75. The quantitative estimate of drug-likeness (QED) is 0.627. The van der Waals surface area contributed by atoms with Crippen molar-refractivity contribution >= 4 is 21.6 Å². The first kappa shape index (κ1) is 19.7. The van der Waals surface area contributed by atoms with E-state index in [2.05, 4.69) is 24.7 Å². The number of nitrogens with two attached hydrogens (primary N) is 1. The van der Waals surface area contributed by atoms with Gasteiger partial charge in [-0.25, -0.2) is 17.7 Å². The van der Waals surface area contributed by atoms with Gasteiger partial charge in [0.05, 0.1) is 0 Å². The number of rotatable bonds is 6. The standard InChI is InChI=1S/C19H25N7O2S/c1-19(2,13-25-7-3-4-8-25)24-29(27,28)16-9-15(10-21-11-16)14-5-6-17-22-18(20)23-26(17)12-14/h5-6,9-12,24H,3-4,7-8,13H2,1-2H3,(H2,20,23). The minimum Gasteiger partial charge on any atom is -0.366 e. The van der Waals surface area contributed by atoms with Crippen LogP contribution in [0, 0.1) is 0 Å². The third-order valence-electron chi connectivity index (χ3n) is 4.93. The molecule has 29 heavy (non-hydrogen) atoms. The number of hydrogen-bond acceptors (Lipinski definition) is 7. The van der Waals surface area contributed by atoms with E-state index in [4.69, 9.17) is 5.73 Å². The Labute approximate surface area is 170 Å². The van der Waals surface area contributed by atoms with Gasteiger partial charge in [0, 0.05) is 41.8 Å². The van der Waals surface area contributed by atoms with Crippen LogP contribution in [-0.4, -0.2) is 58.1 Å². The number of aromatic nitrogens is 4. The average Bonchev–Trinajstić information content (AvgIpc) is 3.28. The third kappa shape index (κ3) is 4.39. The summed E-state index contributed by atoms with van der Waals surface area (Å²) in [4.78, 5) is 10.7. The summed E-state index contributed by atoms with van der Waals surface area (Å²) in [5, 5.41) is 4.10. The molecule has 3 aromatic rings. The maximum Gasteiger partial charge on any atom is 0.242 e. The lowest BCUT2D eigenvalue weighted by atomic mass is 10.1. The van der Waals surface area contributed by atoms with Crippen LogP contribution >= 0.6 is 0 Å². The molecule has 0 aromatic carbocycles. The molecular formula is C19H25N7O2S. The van der Waals surface area contributed by atoms with Crippen molar-refractivity contribution in [3.05, 3.63) is 36.8 Å². The monoisotopic (exact) mass is 415 g/mol. The highest BCUT2D eigenvalue weighted by Crippen LogP contribution is 2.23. The van der Waals surface area contributed by atoms with E-state index >= 15 is 0 Å². The second-order valence-electron chi connectivity index (χ2n) is 8.07. The van der Waals surface area contributed by atoms with Crippen LogP contribution in [-0.2, 0) is 10.0 Å². The van der Waals surface area contributed by atoms with E-state index in [-0.39, 0.29) is 10.8 Å². The largest absolute Gasteiger partial charge is 0.366 e. The summed E-state index contributed by atoms with van der Waals surface area (Å²) in [5.74, 6) is 0.182. The van der Waals surface area contributed by atoms with Gasteiger partial charge in [0.15, 0.2) is 5.65 Å². The molecule has 0 amide bonds. The van der Waals surface area contributed by atoms with Gasteiger partial charge in [-0.1, -0.05) is 0 Å². The minimum absolute atomic E-state index is 0.127. The summed E-state index contributed by atoms with van der Waals surface area (Å²) in [6, 6.07) is 5.22. The summed E-state index contributed by atoms with van der Waals surface area (Å²) >= 11 is 0. The van der Waals surface area contributed by atoms with Gasteiger partial charge < -0.3 is 10.6 Å². The van der Waals surface area contributed by atoms with Crippen molar-refractivity contribution in [2.45, 2.75) is 37.1 Å². The van der Waals surface area contributed by atoms with Crippen molar-refractivity contribution in [2.24, 2.45) is 0 Å². The molecule has 1 aliphatic rings. The Balaban J connectivity index is 1.59. The molecular weight excluding hydrogens is 390 g/mol. The molecule has 10 heteroatoms. The zero-order valence-corrected chi connectivity index (χ0v) is 17.4. The lowest BCUT2D eigenvalue weighted by Gasteiger charge is -2.30. The van der Waals surface area contributed by atoms with Gasteiger partial charge in [0.1, 0.15) is 4.90 Å². The van der Waals surface area contributed by atoms with Crippen LogP contribution in [0.3, 0.4) is 0 Å². The molecule has 4 rings (SSSR count). The minimum atomic E-state index is -3.72. The van der Waals surface area contributed by atoms with E-state index in [1.54, 1.807) is 29.0 Å². The number of nitrogens with zero attached hydrogens (tertiary/aromatic N) is 5. The second kappa shape index (κ2) is 7.36. The summed E-state index contributed by atoms with van der Waals surface area (Å²) in [7, 11) is -3.72. The number of fused-ring (bicyclic) bond motifs is 1. The summed E-state index contributed by atoms with van der Waals surface area (Å²) in [5.41, 5.74) is 7.10. The number of hydrogen-bond donors (Lipinski definition) is 2. The topological polar surface area (TPSA) is 119 Å². The fourth-order valence-electron chi connectivity index (χ4n) is 3.75. The van der Waals surface area contributed by atoms with Gasteiger partial charge in [-0.2, -0.15) is 4.98 Å². The maximum absolute atomic E-state index is 13.0. The lowest BCUT2D eigenvalue weighted by Crippen LogP contribution is -2.50. The van der Waals surface area contributed by atoms with E-state index in [0.717, 1.165) is 31.5 Å². The van der Waals surface area contributed by atoms with Crippen LogP contribution in [0.25, 0.3) is 16.8 Å². The smallest absolute Gasteiger partial charge is 0.242 e. The predicted octanol–water partition coefficient (Wildman–Crippen LogP) is 1.53. The van der Waals surface area contributed by atoms with Crippen molar-refractivity contribution in [1.82, 2.24) is 29.2 Å². The fourth-order valence-corrected chi connectivity index (χ4v) is 5.14. The van der Waals surface area contributed by atoms with Crippen molar-refractivity contribution in [2.75, 3.05) is 25.4 Å². The van der Waals surface area contributed by atoms with Crippen molar-refractivity contribution < 1.29 is 8.42 Å². The van der Waals surface area contributed by atoms with E-state index in [0.29, 0.717) is 17.8 Å². The first-order valence-corrected chi connectivity index (χ1v) is 11.0.